The Labute approximate surface area is 131 Å². The van der Waals surface area contributed by atoms with Gasteiger partial charge < -0.3 is 10.1 Å². The molecule has 3 heteroatoms. The van der Waals surface area contributed by atoms with Crippen LogP contribution in [0.1, 0.15) is 60.3 Å². The number of hydrogen-bond donors (Lipinski definition) is 1. The molecule has 2 aliphatic rings. The minimum atomic E-state index is 0.460. The van der Waals surface area contributed by atoms with Gasteiger partial charge in [-0.3, -0.25) is 4.90 Å². The topological polar surface area (TPSA) is 24.5 Å². The highest BCUT2D eigenvalue weighted by molar-refractivity contribution is 4.92. The van der Waals surface area contributed by atoms with Gasteiger partial charge in [0.15, 0.2) is 0 Å². The summed E-state index contributed by atoms with van der Waals surface area (Å²) in [7, 11) is 0. The fraction of sp³-hybridized carbons (Fsp3) is 1.00. The fourth-order valence-electron chi connectivity index (χ4n) is 3.84. The monoisotopic (exact) mass is 296 g/mol. The molecular formula is C18H36N2O. The number of nitrogens with zero attached hydrogens (tertiary/aromatic N) is 1. The largest absolute Gasteiger partial charge is 0.374 e. The van der Waals surface area contributed by atoms with E-state index in [4.69, 9.17) is 4.74 Å². The molecule has 6 atom stereocenters. The van der Waals surface area contributed by atoms with Crippen LogP contribution in [0, 0.1) is 11.8 Å². The Morgan fingerprint density at radius 1 is 1.14 bits per heavy atom. The third-order valence-electron chi connectivity index (χ3n) is 5.88. The van der Waals surface area contributed by atoms with E-state index in [0.717, 1.165) is 24.9 Å². The van der Waals surface area contributed by atoms with Crippen LogP contribution in [0.25, 0.3) is 0 Å². The van der Waals surface area contributed by atoms with Crippen molar-refractivity contribution in [1.29, 1.82) is 0 Å². The molecule has 2 saturated heterocycles. The van der Waals surface area contributed by atoms with E-state index in [1.807, 2.05) is 0 Å². The molecule has 124 valence electrons. The number of nitrogens with one attached hydrogen (secondary N) is 1. The molecule has 0 saturated carbocycles. The molecule has 1 N–H and O–H groups in total. The minimum Gasteiger partial charge on any atom is -0.374 e. The summed E-state index contributed by atoms with van der Waals surface area (Å²) < 4.78 is 6.09. The van der Waals surface area contributed by atoms with Gasteiger partial charge in [0, 0.05) is 31.7 Å². The van der Waals surface area contributed by atoms with Crippen molar-refractivity contribution in [1.82, 2.24) is 10.2 Å². The van der Waals surface area contributed by atoms with Crippen molar-refractivity contribution < 1.29 is 4.74 Å². The van der Waals surface area contributed by atoms with Crippen LogP contribution in [0.3, 0.4) is 0 Å². The quantitative estimate of drug-likeness (QED) is 0.814. The van der Waals surface area contributed by atoms with Gasteiger partial charge in [0.2, 0.25) is 0 Å². The lowest BCUT2D eigenvalue weighted by Crippen LogP contribution is -2.61. The Kier molecular flexibility index (Phi) is 6.51. The third-order valence-corrected chi connectivity index (χ3v) is 5.88. The van der Waals surface area contributed by atoms with Crippen molar-refractivity contribution in [3.8, 4) is 0 Å². The first kappa shape index (κ1) is 17.2. The van der Waals surface area contributed by atoms with E-state index < -0.39 is 0 Å². The summed E-state index contributed by atoms with van der Waals surface area (Å²) in [6.45, 7) is 15.1. The summed E-state index contributed by atoms with van der Waals surface area (Å²) in [6, 6.07) is 1.32. The van der Waals surface area contributed by atoms with Crippen molar-refractivity contribution in [2.45, 2.75) is 84.6 Å². The predicted octanol–water partition coefficient (Wildman–Crippen LogP) is 3.29. The van der Waals surface area contributed by atoms with Crippen LogP contribution in [0.2, 0.25) is 0 Å². The summed E-state index contributed by atoms with van der Waals surface area (Å²) in [5.74, 6) is 1.52. The standard InChI is InChI=1S/C18H36N2O/c1-6-13(3)17-12-20(11-16-9-8-15(5)21-16)18(10-19-17)14(4)7-2/h13-19H,6-12H2,1-5H3. The second kappa shape index (κ2) is 7.94. The van der Waals surface area contributed by atoms with Crippen molar-refractivity contribution in [2.24, 2.45) is 11.8 Å². The van der Waals surface area contributed by atoms with E-state index in [0.29, 0.717) is 24.3 Å². The number of ether oxygens (including phenoxy) is 1. The van der Waals surface area contributed by atoms with Crippen molar-refractivity contribution in [3.05, 3.63) is 0 Å². The molecule has 0 spiro atoms. The van der Waals surface area contributed by atoms with Gasteiger partial charge in [-0.15, -0.1) is 0 Å². The van der Waals surface area contributed by atoms with Crippen LogP contribution >= 0.6 is 0 Å². The summed E-state index contributed by atoms with van der Waals surface area (Å²) in [5.41, 5.74) is 0. The Bertz CT molecular complexity index is 308. The normalized spacial score (nSPS) is 37.6. The first-order valence-corrected chi connectivity index (χ1v) is 9.17. The van der Waals surface area contributed by atoms with Gasteiger partial charge in [-0.1, -0.05) is 40.5 Å². The van der Waals surface area contributed by atoms with Crippen LogP contribution in [0.15, 0.2) is 0 Å². The Morgan fingerprint density at radius 2 is 1.86 bits per heavy atom. The molecule has 6 unspecified atom stereocenters. The molecule has 2 fully saturated rings. The molecule has 0 aromatic heterocycles. The second-order valence-electron chi connectivity index (χ2n) is 7.45. The zero-order valence-corrected chi connectivity index (χ0v) is 14.8. The third kappa shape index (κ3) is 4.43. The van der Waals surface area contributed by atoms with Crippen LogP contribution in [-0.2, 0) is 4.74 Å². The van der Waals surface area contributed by atoms with Gasteiger partial charge in [-0.05, 0) is 31.6 Å². The molecule has 21 heavy (non-hydrogen) atoms. The van der Waals surface area contributed by atoms with Crippen LogP contribution < -0.4 is 5.32 Å². The molecule has 0 aromatic rings. The van der Waals surface area contributed by atoms with E-state index in [9.17, 15) is 0 Å². The summed E-state index contributed by atoms with van der Waals surface area (Å²) in [6.07, 6.45) is 5.92. The van der Waals surface area contributed by atoms with Gasteiger partial charge in [-0.2, -0.15) is 0 Å². The number of hydrogen-bond acceptors (Lipinski definition) is 3. The molecule has 2 rings (SSSR count). The zero-order valence-electron chi connectivity index (χ0n) is 14.8. The molecular weight excluding hydrogens is 260 g/mol. The summed E-state index contributed by atoms with van der Waals surface area (Å²) >= 11 is 0. The van der Waals surface area contributed by atoms with E-state index in [-0.39, 0.29) is 0 Å². The van der Waals surface area contributed by atoms with Gasteiger partial charge in [0.25, 0.3) is 0 Å². The second-order valence-corrected chi connectivity index (χ2v) is 7.45. The molecule has 0 aromatic carbocycles. The van der Waals surface area contributed by atoms with Gasteiger partial charge in [0.1, 0.15) is 0 Å². The highest BCUT2D eigenvalue weighted by Crippen LogP contribution is 2.25. The average molecular weight is 296 g/mol. The maximum atomic E-state index is 6.09. The van der Waals surface area contributed by atoms with E-state index >= 15 is 0 Å². The molecule has 0 amide bonds. The first-order valence-electron chi connectivity index (χ1n) is 9.17. The Balaban J connectivity index is 1.98. The van der Waals surface area contributed by atoms with Crippen molar-refractivity contribution >= 4 is 0 Å². The highest BCUT2D eigenvalue weighted by Gasteiger charge is 2.35. The van der Waals surface area contributed by atoms with E-state index in [1.165, 1.54) is 32.2 Å². The van der Waals surface area contributed by atoms with E-state index in [1.54, 1.807) is 0 Å². The smallest absolute Gasteiger partial charge is 0.0706 e. The summed E-state index contributed by atoms with van der Waals surface area (Å²) in [5, 5.41) is 3.82. The van der Waals surface area contributed by atoms with Crippen LogP contribution in [0.5, 0.6) is 0 Å². The lowest BCUT2D eigenvalue weighted by Gasteiger charge is -2.45. The Morgan fingerprint density at radius 3 is 2.43 bits per heavy atom. The zero-order chi connectivity index (χ0) is 15.4. The van der Waals surface area contributed by atoms with Crippen LogP contribution in [-0.4, -0.2) is 48.8 Å². The maximum Gasteiger partial charge on any atom is 0.0706 e. The summed E-state index contributed by atoms with van der Waals surface area (Å²) in [4.78, 5) is 2.74. The van der Waals surface area contributed by atoms with Gasteiger partial charge in [-0.25, -0.2) is 0 Å². The highest BCUT2D eigenvalue weighted by atomic mass is 16.5. The van der Waals surface area contributed by atoms with E-state index in [2.05, 4.69) is 44.8 Å². The molecule has 2 aliphatic heterocycles. The lowest BCUT2D eigenvalue weighted by atomic mass is 9.90. The van der Waals surface area contributed by atoms with Crippen molar-refractivity contribution in [3.63, 3.8) is 0 Å². The molecule has 0 aliphatic carbocycles. The first-order chi connectivity index (χ1) is 10.0. The fourth-order valence-corrected chi connectivity index (χ4v) is 3.84. The molecule has 2 heterocycles. The SMILES string of the molecule is CCC(C)C1CN(CC2CCC(C)O2)C(C(C)CC)CN1. The van der Waals surface area contributed by atoms with Gasteiger partial charge >= 0.3 is 0 Å². The van der Waals surface area contributed by atoms with Gasteiger partial charge in [0.05, 0.1) is 12.2 Å². The maximum absolute atomic E-state index is 6.09. The predicted molar refractivity (Wildman–Crippen MR) is 89.6 cm³/mol. The molecule has 3 nitrogen and oxygen atoms in total. The molecule has 0 radical (unpaired) electrons. The minimum absolute atomic E-state index is 0.460. The number of rotatable bonds is 6. The number of piperazine rings is 1. The lowest BCUT2D eigenvalue weighted by molar-refractivity contribution is -0.00319. The van der Waals surface area contributed by atoms with Crippen LogP contribution in [0.4, 0.5) is 0 Å². The average Bonchev–Trinajstić information content (AvgIpc) is 2.90. The Hall–Kier alpha value is -0.120. The van der Waals surface area contributed by atoms with Crippen molar-refractivity contribution in [2.75, 3.05) is 19.6 Å². The molecule has 0 bridgehead atoms.